The van der Waals surface area contributed by atoms with Gasteiger partial charge in [-0.05, 0) is 43.0 Å². The molecule has 1 amide bonds. The summed E-state index contributed by atoms with van der Waals surface area (Å²) in [5.74, 6) is -0.263. The van der Waals surface area contributed by atoms with E-state index in [1.165, 1.54) is 10.7 Å². The van der Waals surface area contributed by atoms with Crippen LogP contribution in [-0.2, 0) is 0 Å². The fourth-order valence-corrected chi connectivity index (χ4v) is 3.40. The number of hydrogen-bond donors (Lipinski definition) is 3. The molecule has 4 rings (SSSR count). The van der Waals surface area contributed by atoms with Crippen LogP contribution in [0, 0.1) is 5.92 Å². The third-order valence-electron chi connectivity index (χ3n) is 4.89. The number of hydrogen-bond acceptors (Lipinski definition) is 4. The van der Waals surface area contributed by atoms with Crippen molar-refractivity contribution in [1.82, 2.24) is 20.1 Å². The van der Waals surface area contributed by atoms with Crippen molar-refractivity contribution in [3.63, 3.8) is 0 Å². The van der Waals surface area contributed by atoms with E-state index in [0.29, 0.717) is 18.5 Å². The first-order chi connectivity index (χ1) is 13.1. The number of nitrogens with one attached hydrogen (secondary N) is 2. The fourth-order valence-electron chi connectivity index (χ4n) is 3.40. The minimum atomic E-state index is -0.376. The first kappa shape index (κ1) is 17.2. The van der Waals surface area contributed by atoms with Crippen LogP contribution in [0.5, 0.6) is 0 Å². The second-order valence-electron chi connectivity index (χ2n) is 6.77. The number of nitrogens with zero attached hydrogens (tertiary/aromatic N) is 2. The number of H-pyrrole nitrogens is 1. The molecule has 0 saturated heterocycles. The van der Waals surface area contributed by atoms with Crippen LogP contribution in [0.4, 0.5) is 0 Å². The van der Waals surface area contributed by atoms with E-state index in [2.05, 4.69) is 15.4 Å². The molecule has 7 nitrogen and oxygen atoms in total. The Bertz CT molecular complexity index is 975. The average Bonchev–Trinajstić information content (AvgIpc) is 3.07. The molecule has 0 bridgehead atoms. The maximum Gasteiger partial charge on any atom is 0.271 e. The van der Waals surface area contributed by atoms with Crippen LogP contribution in [0.1, 0.15) is 35.1 Å². The summed E-state index contributed by atoms with van der Waals surface area (Å²) in [7, 11) is 0. The number of aromatic nitrogens is 3. The molecule has 1 atom stereocenters. The van der Waals surface area contributed by atoms with E-state index in [4.69, 9.17) is 0 Å². The van der Waals surface area contributed by atoms with Crippen molar-refractivity contribution in [3.05, 3.63) is 82.5 Å². The van der Waals surface area contributed by atoms with Gasteiger partial charge in [-0.2, -0.15) is 0 Å². The lowest BCUT2D eigenvalue weighted by Crippen LogP contribution is -2.41. The summed E-state index contributed by atoms with van der Waals surface area (Å²) in [4.78, 5) is 29.4. The molecule has 1 aliphatic rings. The number of aliphatic hydroxyl groups excluding tert-OH is 1. The third kappa shape index (κ3) is 3.54. The van der Waals surface area contributed by atoms with E-state index in [1.807, 2.05) is 36.4 Å². The number of carbonyl (C=O) groups excluding carboxylic acids is 1. The molecule has 1 aliphatic carbocycles. The van der Waals surface area contributed by atoms with E-state index in [1.54, 1.807) is 18.3 Å². The van der Waals surface area contributed by atoms with Crippen LogP contribution in [-0.4, -0.2) is 31.9 Å². The quantitative estimate of drug-likeness (QED) is 0.643. The molecule has 138 valence electrons. The Morgan fingerprint density at radius 1 is 1.19 bits per heavy atom. The molecule has 2 aromatic heterocycles. The predicted molar refractivity (Wildman–Crippen MR) is 99.6 cm³/mol. The van der Waals surface area contributed by atoms with Crippen LogP contribution in [0.2, 0.25) is 0 Å². The number of carbonyl (C=O) groups is 1. The van der Waals surface area contributed by atoms with Crippen LogP contribution in [0.15, 0.2) is 65.6 Å². The van der Waals surface area contributed by atoms with Gasteiger partial charge in [0.05, 0.1) is 23.5 Å². The van der Waals surface area contributed by atoms with Crippen LogP contribution in [0.25, 0.3) is 5.69 Å². The van der Waals surface area contributed by atoms with Gasteiger partial charge in [0.25, 0.3) is 11.5 Å². The Morgan fingerprint density at radius 2 is 1.93 bits per heavy atom. The van der Waals surface area contributed by atoms with Crippen molar-refractivity contribution in [2.45, 2.75) is 25.0 Å². The minimum Gasteiger partial charge on any atom is -0.393 e. The molecular weight excluding hydrogens is 344 g/mol. The maximum atomic E-state index is 12.8. The molecule has 2 heterocycles. The van der Waals surface area contributed by atoms with Gasteiger partial charge in [-0.25, -0.2) is 4.68 Å². The van der Waals surface area contributed by atoms with Crippen molar-refractivity contribution < 1.29 is 9.90 Å². The zero-order valence-electron chi connectivity index (χ0n) is 14.6. The summed E-state index contributed by atoms with van der Waals surface area (Å²) < 4.78 is 1.33. The van der Waals surface area contributed by atoms with E-state index in [0.717, 1.165) is 5.69 Å². The summed E-state index contributed by atoms with van der Waals surface area (Å²) in [6.45, 7) is 0. The van der Waals surface area contributed by atoms with E-state index in [9.17, 15) is 14.7 Å². The highest BCUT2D eigenvalue weighted by molar-refractivity contribution is 5.92. The topological polar surface area (TPSA) is 100 Å². The standard InChI is InChI=1S/C20H20N4O3/c25-15-10-13(11-15)19(16-8-4-5-9-21-16)22-20(27)17-12-18(26)24(23-17)14-6-2-1-3-7-14/h1-9,12-13,15,19,23,25H,10-11H2,(H,22,27). The first-order valence-corrected chi connectivity index (χ1v) is 8.89. The lowest BCUT2D eigenvalue weighted by Gasteiger charge is -2.37. The lowest BCUT2D eigenvalue weighted by atomic mass is 9.76. The van der Waals surface area contributed by atoms with Crippen LogP contribution < -0.4 is 10.9 Å². The molecule has 0 radical (unpaired) electrons. The van der Waals surface area contributed by atoms with Gasteiger partial charge in [0.1, 0.15) is 5.69 Å². The lowest BCUT2D eigenvalue weighted by molar-refractivity contribution is 0.0227. The summed E-state index contributed by atoms with van der Waals surface area (Å²) in [5, 5.41) is 15.5. The monoisotopic (exact) mass is 364 g/mol. The fraction of sp³-hybridized carbons (Fsp3) is 0.250. The van der Waals surface area contributed by atoms with Gasteiger partial charge in [-0.3, -0.25) is 19.7 Å². The number of para-hydroxylation sites is 1. The first-order valence-electron chi connectivity index (χ1n) is 8.89. The molecule has 1 aromatic carbocycles. The Labute approximate surface area is 155 Å². The van der Waals surface area contributed by atoms with Crippen molar-refractivity contribution >= 4 is 5.91 Å². The molecule has 1 fully saturated rings. The predicted octanol–water partition coefficient (Wildman–Crippen LogP) is 1.80. The Morgan fingerprint density at radius 3 is 2.59 bits per heavy atom. The molecule has 3 N–H and O–H groups in total. The number of benzene rings is 1. The summed E-state index contributed by atoms with van der Waals surface area (Å²) in [5.41, 5.74) is 1.28. The number of aliphatic hydroxyl groups is 1. The van der Waals surface area contributed by atoms with Gasteiger partial charge in [-0.15, -0.1) is 0 Å². The Hall–Kier alpha value is -3.19. The second kappa shape index (κ2) is 7.20. The molecule has 1 saturated carbocycles. The zero-order valence-corrected chi connectivity index (χ0v) is 14.6. The molecule has 0 aliphatic heterocycles. The van der Waals surface area contributed by atoms with Crippen molar-refractivity contribution in [3.8, 4) is 5.69 Å². The Kier molecular flexibility index (Phi) is 4.60. The molecule has 1 unspecified atom stereocenters. The largest absolute Gasteiger partial charge is 0.393 e. The van der Waals surface area contributed by atoms with Gasteiger partial charge in [0.15, 0.2) is 0 Å². The van der Waals surface area contributed by atoms with E-state index >= 15 is 0 Å². The molecule has 27 heavy (non-hydrogen) atoms. The number of rotatable bonds is 5. The maximum absolute atomic E-state index is 12.8. The van der Waals surface area contributed by atoms with Gasteiger partial charge in [-0.1, -0.05) is 24.3 Å². The second-order valence-corrected chi connectivity index (χ2v) is 6.77. The normalized spacial score (nSPS) is 19.9. The molecule has 7 heteroatoms. The Balaban J connectivity index is 1.58. The van der Waals surface area contributed by atoms with Gasteiger partial charge < -0.3 is 10.4 Å². The minimum absolute atomic E-state index is 0.113. The number of aromatic amines is 1. The SMILES string of the molecule is O=C(NC(c1ccccn1)C1CC(O)C1)c1cc(=O)n(-c2ccccc2)[nH]1. The third-order valence-corrected chi connectivity index (χ3v) is 4.89. The highest BCUT2D eigenvalue weighted by Crippen LogP contribution is 2.37. The van der Waals surface area contributed by atoms with E-state index < -0.39 is 0 Å². The molecule has 3 aromatic rings. The zero-order chi connectivity index (χ0) is 18.8. The van der Waals surface area contributed by atoms with E-state index in [-0.39, 0.29) is 35.2 Å². The average molecular weight is 364 g/mol. The highest BCUT2D eigenvalue weighted by Gasteiger charge is 2.36. The molecular formula is C20H20N4O3. The van der Waals surface area contributed by atoms with Crippen molar-refractivity contribution in [2.24, 2.45) is 5.92 Å². The summed E-state index contributed by atoms with van der Waals surface area (Å²) in [6.07, 6.45) is 2.57. The van der Waals surface area contributed by atoms with Gasteiger partial charge in [0.2, 0.25) is 0 Å². The van der Waals surface area contributed by atoms with Crippen molar-refractivity contribution in [1.29, 1.82) is 0 Å². The molecule has 0 spiro atoms. The summed E-state index contributed by atoms with van der Waals surface area (Å²) in [6, 6.07) is 15.6. The van der Waals surface area contributed by atoms with Gasteiger partial charge >= 0.3 is 0 Å². The highest BCUT2D eigenvalue weighted by atomic mass is 16.3. The van der Waals surface area contributed by atoms with Crippen LogP contribution >= 0.6 is 0 Å². The van der Waals surface area contributed by atoms with Crippen LogP contribution in [0.3, 0.4) is 0 Å². The smallest absolute Gasteiger partial charge is 0.271 e. The number of amides is 1. The summed E-state index contributed by atoms with van der Waals surface area (Å²) >= 11 is 0. The number of pyridine rings is 1. The van der Waals surface area contributed by atoms with Gasteiger partial charge in [0, 0.05) is 12.3 Å². The van der Waals surface area contributed by atoms with Crippen molar-refractivity contribution in [2.75, 3.05) is 0 Å².